The van der Waals surface area contributed by atoms with Crippen molar-refractivity contribution in [2.24, 2.45) is 4.99 Å². The zero-order valence-corrected chi connectivity index (χ0v) is 20.7. The Balaban J connectivity index is 0.00000341. The Hall–Kier alpha value is -2.47. The van der Waals surface area contributed by atoms with Gasteiger partial charge in [-0.05, 0) is 43.3 Å². The summed E-state index contributed by atoms with van der Waals surface area (Å²) in [5.41, 5.74) is 3.19. The maximum atomic E-state index is 10.8. The van der Waals surface area contributed by atoms with Crippen LogP contribution < -0.4 is 10.6 Å². The zero-order valence-electron chi connectivity index (χ0n) is 17.6. The van der Waals surface area contributed by atoms with Crippen molar-refractivity contribution >= 4 is 47.0 Å². The number of guanidine groups is 1. The van der Waals surface area contributed by atoms with Gasteiger partial charge in [0.25, 0.3) is 5.69 Å². The molecule has 3 aromatic rings. The summed E-state index contributed by atoms with van der Waals surface area (Å²) in [6.45, 7) is 6.80. The molecule has 0 unspecified atom stereocenters. The van der Waals surface area contributed by atoms with Crippen molar-refractivity contribution in [3.63, 3.8) is 0 Å². The number of aryl methyl sites for hydroxylation is 3. The lowest BCUT2D eigenvalue weighted by Gasteiger charge is -2.12. The molecule has 0 spiro atoms. The highest BCUT2D eigenvalue weighted by Crippen LogP contribution is 2.12. The second kappa shape index (κ2) is 12.4. The molecule has 2 N–H and O–H groups in total. The molecule has 0 aliphatic rings. The molecule has 8 nitrogen and oxygen atoms in total. The molecule has 10 heteroatoms. The zero-order chi connectivity index (χ0) is 21.3. The van der Waals surface area contributed by atoms with Gasteiger partial charge >= 0.3 is 0 Å². The highest BCUT2D eigenvalue weighted by atomic mass is 127. The first kappa shape index (κ1) is 24.8. The van der Waals surface area contributed by atoms with Crippen LogP contribution in [0.5, 0.6) is 0 Å². The lowest BCUT2D eigenvalue weighted by atomic mass is 10.2. The molecule has 0 radical (unpaired) electrons. The molecule has 2 heterocycles. The predicted molar refractivity (Wildman–Crippen MR) is 135 cm³/mol. The van der Waals surface area contributed by atoms with Gasteiger partial charge in [0.2, 0.25) is 0 Å². The molecule has 0 atom stereocenters. The van der Waals surface area contributed by atoms with Crippen molar-refractivity contribution < 1.29 is 4.92 Å². The summed E-state index contributed by atoms with van der Waals surface area (Å²) in [4.78, 5) is 16.3. The number of halogens is 1. The number of non-ortho nitro benzene ring substituents is 1. The van der Waals surface area contributed by atoms with Crippen molar-refractivity contribution in [2.75, 3.05) is 6.54 Å². The summed E-state index contributed by atoms with van der Waals surface area (Å²) >= 11 is 1.69. The first-order chi connectivity index (χ1) is 14.5. The average molecular weight is 554 g/mol. The molecular formula is C21H27IN6O2S. The van der Waals surface area contributed by atoms with E-state index in [9.17, 15) is 10.1 Å². The molecule has 0 fully saturated rings. The number of hydrogen-bond acceptors (Lipinski definition) is 5. The maximum absolute atomic E-state index is 10.8. The fourth-order valence-corrected chi connectivity index (χ4v) is 3.63. The Morgan fingerprint density at radius 3 is 2.61 bits per heavy atom. The Morgan fingerprint density at radius 1 is 1.23 bits per heavy atom. The van der Waals surface area contributed by atoms with Crippen LogP contribution in [0.15, 0.2) is 52.8 Å². The number of thiophene rings is 1. The van der Waals surface area contributed by atoms with Gasteiger partial charge in [0.05, 0.1) is 23.7 Å². The number of nitrogens with one attached hydrogen (secondary N) is 2. The largest absolute Gasteiger partial charge is 0.356 e. The standard InChI is InChI=1S/C21H26N6O2S.HI/c1-16-13-17(2)26(25-16)11-4-10-22-21(24-15-20-5-3-12-30-20)23-14-18-6-8-19(9-7-18)27(28)29;/h3,5-9,12-13H,4,10-11,14-15H2,1-2H3,(H2,22,23,24);1H. The van der Waals surface area contributed by atoms with E-state index < -0.39 is 4.92 Å². The van der Waals surface area contributed by atoms with E-state index in [0.29, 0.717) is 13.1 Å². The molecule has 1 aromatic carbocycles. The molecule has 0 bridgehead atoms. The highest BCUT2D eigenvalue weighted by molar-refractivity contribution is 14.0. The van der Waals surface area contributed by atoms with Crippen LogP contribution in [0.4, 0.5) is 5.69 Å². The van der Waals surface area contributed by atoms with Crippen LogP contribution in [0.1, 0.15) is 28.2 Å². The van der Waals surface area contributed by atoms with E-state index >= 15 is 0 Å². The van der Waals surface area contributed by atoms with Crippen LogP contribution in [0.2, 0.25) is 0 Å². The van der Waals surface area contributed by atoms with Crippen LogP contribution >= 0.6 is 35.3 Å². The van der Waals surface area contributed by atoms with Gasteiger partial charge in [-0.25, -0.2) is 4.99 Å². The monoisotopic (exact) mass is 554 g/mol. The molecular weight excluding hydrogens is 527 g/mol. The highest BCUT2D eigenvalue weighted by Gasteiger charge is 2.05. The first-order valence-electron chi connectivity index (χ1n) is 9.80. The SMILES string of the molecule is Cc1cc(C)n(CCCNC(=NCc2ccc([N+](=O)[O-])cc2)NCc2cccs2)n1.I. The Labute approximate surface area is 203 Å². The van der Waals surface area contributed by atoms with E-state index in [1.807, 2.05) is 23.1 Å². The summed E-state index contributed by atoms with van der Waals surface area (Å²) < 4.78 is 2.02. The van der Waals surface area contributed by atoms with Crippen LogP contribution in [0, 0.1) is 24.0 Å². The van der Waals surface area contributed by atoms with Crippen LogP contribution in [0.3, 0.4) is 0 Å². The lowest BCUT2D eigenvalue weighted by molar-refractivity contribution is -0.384. The van der Waals surface area contributed by atoms with Crippen LogP contribution in [-0.4, -0.2) is 27.2 Å². The number of nitro groups is 1. The third-order valence-electron chi connectivity index (χ3n) is 4.52. The fourth-order valence-electron chi connectivity index (χ4n) is 2.99. The number of nitrogens with zero attached hydrogens (tertiary/aromatic N) is 4. The van der Waals surface area contributed by atoms with Gasteiger partial charge in [-0.15, -0.1) is 35.3 Å². The van der Waals surface area contributed by atoms with Crippen molar-refractivity contribution in [2.45, 2.75) is 39.9 Å². The van der Waals surface area contributed by atoms with Crippen molar-refractivity contribution in [3.05, 3.63) is 79.8 Å². The molecule has 0 saturated heterocycles. The average Bonchev–Trinajstić information content (AvgIpc) is 3.36. The normalized spacial score (nSPS) is 11.1. The van der Waals surface area contributed by atoms with E-state index in [1.165, 1.54) is 17.0 Å². The number of aromatic nitrogens is 2. The summed E-state index contributed by atoms with van der Waals surface area (Å²) in [6.07, 6.45) is 0.916. The summed E-state index contributed by atoms with van der Waals surface area (Å²) in [6, 6.07) is 12.7. The molecule has 0 saturated carbocycles. The predicted octanol–water partition coefficient (Wildman–Crippen LogP) is 4.41. The second-order valence-corrected chi connectivity index (χ2v) is 7.98. The van der Waals surface area contributed by atoms with E-state index in [1.54, 1.807) is 23.5 Å². The molecule has 0 aliphatic heterocycles. The maximum Gasteiger partial charge on any atom is 0.269 e. The minimum Gasteiger partial charge on any atom is -0.356 e. The Bertz CT molecular complexity index is 986. The second-order valence-electron chi connectivity index (χ2n) is 6.95. The Morgan fingerprint density at radius 2 is 2.00 bits per heavy atom. The third kappa shape index (κ3) is 7.94. The summed E-state index contributed by atoms with van der Waals surface area (Å²) in [7, 11) is 0. The van der Waals surface area contributed by atoms with Gasteiger partial charge in [0.1, 0.15) is 0 Å². The fraction of sp³-hybridized carbons (Fsp3) is 0.333. The van der Waals surface area contributed by atoms with Crippen molar-refractivity contribution in [1.82, 2.24) is 20.4 Å². The molecule has 3 rings (SSSR count). The van der Waals surface area contributed by atoms with Crippen LogP contribution in [0.25, 0.3) is 0 Å². The van der Waals surface area contributed by atoms with Crippen LogP contribution in [-0.2, 0) is 19.6 Å². The topological polar surface area (TPSA) is 97.4 Å². The molecule has 166 valence electrons. The summed E-state index contributed by atoms with van der Waals surface area (Å²) in [5.74, 6) is 0.718. The Kier molecular flexibility index (Phi) is 9.92. The molecule has 0 amide bonds. The smallest absolute Gasteiger partial charge is 0.269 e. The first-order valence-corrected chi connectivity index (χ1v) is 10.7. The molecule has 2 aromatic heterocycles. The number of hydrogen-bond donors (Lipinski definition) is 2. The van der Waals surface area contributed by atoms with Gasteiger partial charge in [-0.3, -0.25) is 14.8 Å². The minimum absolute atomic E-state index is 0. The molecule has 31 heavy (non-hydrogen) atoms. The van der Waals surface area contributed by atoms with Gasteiger partial charge in [0.15, 0.2) is 5.96 Å². The number of aliphatic imine (C=N–C) groups is 1. The van der Waals surface area contributed by atoms with Crippen molar-refractivity contribution in [1.29, 1.82) is 0 Å². The van der Waals surface area contributed by atoms with E-state index in [4.69, 9.17) is 0 Å². The lowest BCUT2D eigenvalue weighted by Crippen LogP contribution is -2.37. The molecule has 0 aliphatic carbocycles. The number of rotatable bonds is 9. The van der Waals surface area contributed by atoms with Gasteiger partial charge in [-0.1, -0.05) is 18.2 Å². The van der Waals surface area contributed by atoms with Gasteiger partial charge in [-0.2, -0.15) is 5.10 Å². The van der Waals surface area contributed by atoms with E-state index in [-0.39, 0.29) is 29.7 Å². The third-order valence-corrected chi connectivity index (χ3v) is 5.40. The van der Waals surface area contributed by atoms with Gasteiger partial charge in [0, 0.05) is 35.8 Å². The quantitative estimate of drug-likeness (QED) is 0.102. The van der Waals surface area contributed by atoms with Gasteiger partial charge < -0.3 is 10.6 Å². The van der Waals surface area contributed by atoms with E-state index in [0.717, 1.165) is 42.4 Å². The van der Waals surface area contributed by atoms with Crippen molar-refractivity contribution in [3.8, 4) is 0 Å². The number of nitro benzene ring substituents is 1. The summed E-state index contributed by atoms with van der Waals surface area (Å²) in [5, 5.41) is 24.1. The van der Waals surface area contributed by atoms with E-state index in [2.05, 4.69) is 39.8 Å². The minimum atomic E-state index is -0.397. The number of benzene rings is 1.